The van der Waals surface area contributed by atoms with Crippen molar-refractivity contribution in [1.82, 2.24) is 9.97 Å². The Morgan fingerprint density at radius 1 is 1.18 bits per heavy atom. The number of halogens is 4. The van der Waals surface area contributed by atoms with E-state index in [1.165, 1.54) is 26.2 Å². The zero-order chi connectivity index (χ0) is 25.5. The highest BCUT2D eigenvalue weighted by Crippen LogP contribution is 2.44. The second-order valence-electron chi connectivity index (χ2n) is 9.43. The molecule has 2 aromatic heterocycles. The minimum Gasteiger partial charge on any atom is -0.380 e. The molecule has 3 rings (SSSR count). The van der Waals surface area contributed by atoms with Crippen LogP contribution in [0.15, 0.2) is 46.5 Å². The Hall–Kier alpha value is -1.91. The first-order valence-electron chi connectivity index (χ1n) is 10.7. The van der Waals surface area contributed by atoms with E-state index < -0.39 is 46.7 Å². The SMILES string of the molecule is CC(C)Sc1cc2cc(CC(O)(CC(C)(C)c3ccc(F)cc3S(C)=O)C(F)(F)F)[nH]c2cn1. The normalized spacial score (nSPS) is 15.6. The fourth-order valence-electron chi connectivity index (χ4n) is 4.17. The molecule has 34 heavy (non-hydrogen) atoms. The van der Waals surface area contributed by atoms with E-state index in [1.807, 2.05) is 13.8 Å². The molecule has 0 bridgehead atoms. The average molecular weight is 517 g/mol. The molecule has 0 aliphatic rings. The summed E-state index contributed by atoms with van der Waals surface area (Å²) in [7, 11) is -1.62. The third-order valence-corrected chi connectivity index (χ3v) is 7.51. The lowest BCUT2D eigenvalue weighted by atomic mass is 9.73. The van der Waals surface area contributed by atoms with Crippen molar-refractivity contribution in [3.63, 3.8) is 0 Å². The molecule has 2 heterocycles. The maximum atomic E-state index is 14.2. The van der Waals surface area contributed by atoms with Crippen molar-refractivity contribution in [2.45, 2.75) is 72.9 Å². The average Bonchev–Trinajstić information content (AvgIpc) is 3.06. The topological polar surface area (TPSA) is 66.0 Å². The van der Waals surface area contributed by atoms with Gasteiger partial charge in [-0.25, -0.2) is 9.37 Å². The first-order chi connectivity index (χ1) is 15.6. The second-order valence-corrected chi connectivity index (χ2v) is 12.4. The van der Waals surface area contributed by atoms with Crippen molar-refractivity contribution >= 4 is 33.5 Å². The number of fused-ring (bicyclic) bond motifs is 1. The molecule has 4 nitrogen and oxygen atoms in total. The number of alkyl halides is 3. The Balaban J connectivity index is 1.97. The van der Waals surface area contributed by atoms with E-state index in [0.29, 0.717) is 21.7 Å². The van der Waals surface area contributed by atoms with E-state index in [0.717, 1.165) is 17.2 Å². The van der Waals surface area contributed by atoms with Crippen molar-refractivity contribution in [2.24, 2.45) is 0 Å². The van der Waals surface area contributed by atoms with Crippen molar-refractivity contribution in [3.8, 4) is 0 Å². The summed E-state index contributed by atoms with van der Waals surface area (Å²) in [4.78, 5) is 7.37. The highest BCUT2D eigenvalue weighted by atomic mass is 32.2. The Labute approximate surface area is 203 Å². The van der Waals surface area contributed by atoms with E-state index in [9.17, 15) is 26.9 Å². The molecule has 2 atom stereocenters. The fourth-order valence-corrected chi connectivity index (χ4v) is 5.89. The van der Waals surface area contributed by atoms with Gasteiger partial charge in [0, 0.05) is 33.9 Å². The molecule has 0 aliphatic heterocycles. The largest absolute Gasteiger partial charge is 0.417 e. The van der Waals surface area contributed by atoms with E-state index >= 15 is 0 Å². The molecule has 0 saturated carbocycles. The maximum Gasteiger partial charge on any atom is 0.417 e. The van der Waals surface area contributed by atoms with Gasteiger partial charge in [-0.05, 0) is 41.7 Å². The monoisotopic (exact) mass is 516 g/mol. The number of nitrogens with zero attached hydrogens (tertiary/aromatic N) is 1. The molecule has 2 unspecified atom stereocenters. The number of nitrogens with one attached hydrogen (secondary N) is 1. The van der Waals surface area contributed by atoms with Gasteiger partial charge in [0.05, 0.1) is 27.5 Å². The molecule has 0 spiro atoms. The number of hydrogen-bond acceptors (Lipinski definition) is 4. The van der Waals surface area contributed by atoms with Gasteiger partial charge in [-0.3, -0.25) is 4.21 Å². The lowest BCUT2D eigenvalue weighted by Crippen LogP contribution is -2.51. The predicted octanol–water partition coefficient (Wildman–Crippen LogP) is 6.14. The lowest BCUT2D eigenvalue weighted by molar-refractivity contribution is -0.266. The number of aromatic amines is 1. The van der Waals surface area contributed by atoms with Gasteiger partial charge in [0.15, 0.2) is 5.60 Å². The zero-order valence-corrected chi connectivity index (χ0v) is 21.2. The summed E-state index contributed by atoms with van der Waals surface area (Å²) < 4.78 is 68.6. The number of thioether (sulfide) groups is 1. The lowest BCUT2D eigenvalue weighted by Gasteiger charge is -2.38. The first-order valence-corrected chi connectivity index (χ1v) is 13.1. The van der Waals surface area contributed by atoms with Crippen LogP contribution in [0.1, 0.15) is 45.4 Å². The van der Waals surface area contributed by atoms with E-state index in [2.05, 4.69) is 9.97 Å². The van der Waals surface area contributed by atoms with Gasteiger partial charge in [0.25, 0.3) is 0 Å². The molecule has 10 heteroatoms. The number of H-pyrrole nitrogens is 1. The third-order valence-electron chi connectivity index (χ3n) is 5.62. The summed E-state index contributed by atoms with van der Waals surface area (Å²) >= 11 is 1.54. The van der Waals surface area contributed by atoms with Crippen molar-refractivity contribution in [3.05, 3.63) is 53.6 Å². The van der Waals surface area contributed by atoms with Crippen molar-refractivity contribution in [1.29, 1.82) is 0 Å². The van der Waals surface area contributed by atoms with Gasteiger partial charge in [0.1, 0.15) is 5.82 Å². The number of hydrogen-bond donors (Lipinski definition) is 2. The van der Waals surface area contributed by atoms with E-state index in [-0.39, 0.29) is 10.6 Å². The third kappa shape index (κ3) is 5.83. The fraction of sp³-hybridized carbons (Fsp3) is 0.458. The highest BCUT2D eigenvalue weighted by molar-refractivity contribution is 7.99. The van der Waals surface area contributed by atoms with Gasteiger partial charge in [-0.2, -0.15) is 13.2 Å². The maximum absolute atomic E-state index is 14.2. The quantitative estimate of drug-likeness (QED) is 0.279. The molecule has 186 valence electrons. The smallest absolute Gasteiger partial charge is 0.380 e. The summed E-state index contributed by atoms with van der Waals surface area (Å²) in [6, 6.07) is 6.92. The molecular formula is C24H28F4N2O2S2. The second kappa shape index (κ2) is 9.62. The molecule has 0 saturated heterocycles. The van der Waals surface area contributed by atoms with Gasteiger partial charge >= 0.3 is 6.18 Å². The molecule has 2 N–H and O–H groups in total. The van der Waals surface area contributed by atoms with Gasteiger partial charge < -0.3 is 10.1 Å². The van der Waals surface area contributed by atoms with Crippen molar-refractivity contribution < 1.29 is 26.9 Å². The Morgan fingerprint density at radius 3 is 2.44 bits per heavy atom. The minimum absolute atomic E-state index is 0.112. The Bertz CT molecular complexity index is 1210. The van der Waals surface area contributed by atoms with Crippen LogP contribution in [0, 0.1) is 5.82 Å². The molecule has 0 fully saturated rings. The predicted molar refractivity (Wildman–Crippen MR) is 128 cm³/mol. The summed E-state index contributed by atoms with van der Waals surface area (Å²) in [6.45, 7) is 7.09. The Kier molecular flexibility index (Phi) is 7.55. The zero-order valence-electron chi connectivity index (χ0n) is 19.6. The van der Waals surface area contributed by atoms with Crippen LogP contribution in [0.25, 0.3) is 10.9 Å². The molecule has 1 aromatic carbocycles. The van der Waals surface area contributed by atoms with Crippen LogP contribution in [-0.4, -0.2) is 42.6 Å². The molecule has 0 amide bonds. The van der Waals surface area contributed by atoms with Gasteiger partial charge in [-0.1, -0.05) is 33.8 Å². The van der Waals surface area contributed by atoms with E-state index in [1.54, 1.807) is 30.1 Å². The molecular weight excluding hydrogens is 488 g/mol. The summed E-state index contributed by atoms with van der Waals surface area (Å²) in [5, 5.41) is 12.7. The molecule has 0 radical (unpaired) electrons. The minimum atomic E-state index is -4.94. The number of pyridine rings is 1. The van der Waals surface area contributed by atoms with Gasteiger partial charge in [0.2, 0.25) is 0 Å². The van der Waals surface area contributed by atoms with Crippen LogP contribution < -0.4 is 0 Å². The summed E-state index contributed by atoms with van der Waals surface area (Å²) in [5.74, 6) is -0.627. The van der Waals surface area contributed by atoms with Crippen LogP contribution in [-0.2, 0) is 22.6 Å². The van der Waals surface area contributed by atoms with Crippen LogP contribution in [0.4, 0.5) is 17.6 Å². The number of aromatic nitrogens is 2. The van der Waals surface area contributed by atoms with Crippen LogP contribution in [0.3, 0.4) is 0 Å². The molecule has 3 aromatic rings. The first kappa shape index (κ1) is 26.7. The van der Waals surface area contributed by atoms with E-state index in [4.69, 9.17) is 0 Å². The van der Waals surface area contributed by atoms with Crippen LogP contribution >= 0.6 is 11.8 Å². The standard InChI is InChI=1S/C24H28F4N2O2S2/c1-14(2)33-21-9-15-8-17(30-19(15)12-29-21)11-23(31,24(26,27)28)13-22(3,4)18-7-6-16(25)10-20(18)34(5)32/h6-10,12,14,30-31H,11,13H2,1-5H3. The number of benzene rings is 1. The summed E-state index contributed by atoms with van der Waals surface area (Å²) in [5.41, 5.74) is -3.24. The van der Waals surface area contributed by atoms with Crippen LogP contribution in [0.5, 0.6) is 0 Å². The number of aliphatic hydroxyl groups is 1. The van der Waals surface area contributed by atoms with Crippen LogP contribution in [0.2, 0.25) is 0 Å². The highest BCUT2D eigenvalue weighted by Gasteiger charge is 2.56. The number of rotatable bonds is 8. The summed E-state index contributed by atoms with van der Waals surface area (Å²) in [6.07, 6.45) is -3.44. The van der Waals surface area contributed by atoms with Gasteiger partial charge in [-0.15, -0.1) is 11.8 Å². The Morgan fingerprint density at radius 2 is 1.85 bits per heavy atom. The molecule has 0 aliphatic carbocycles. The van der Waals surface area contributed by atoms with Crippen molar-refractivity contribution in [2.75, 3.05) is 6.26 Å².